The van der Waals surface area contributed by atoms with Gasteiger partial charge in [-0.15, -0.1) is 0 Å². The number of aromatic amines is 2. The first kappa shape index (κ1) is 12.2. The molecule has 3 rings (SSSR count). The molecule has 1 aliphatic rings. The minimum atomic E-state index is -0.261. The highest BCUT2D eigenvalue weighted by Crippen LogP contribution is 2.18. The van der Waals surface area contributed by atoms with Crippen molar-refractivity contribution in [2.24, 2.45) is 5.92 Å². The highest BCUT2D eigenvalue weighted by atomic mass is 16.1. The van der Waals surface area contributed by atoms with E-state index in [1.165, 1.54) is 12.8 Å². The number of imidazole rings is 1. The maximum atomic E-state index is 11.7. The van der Waals surface area contributed by atoms with E-state index in [4.69, 9.17) is 5.73 Å². The monoisotopic (exact) mass is 262 g/mol. The Morgan fingerprint density at radius 3 is 2.79 bits per heavy atom. The van der Waals surface area contributed by atoms with E-state index in [0.717, 1.165) is 37.7 Å². The van der Waals surface area contributed by atoms with Crippen LogP contribution in [-0.4, -0.2) is 33.0 Å². The predicted molar refractivity (Wildman–Crippen MR) is 72.8 cm³/mol. The number of piperidine rings is 1. The van der Waals surface area contributed by atoms with Crippen LogP contribution >= 0.6 is 0 Å². The summed E-state index contributed by atoms with van der Waals surface area (Å²) in [5.74, 6) is 1.66. The van der Waals surface area contributed by atoms with Crippen molar-refractivity contribution in [3.63, 3.8) is 0 Å². The number of nitrogens with one attached hydrogen (secondary N) is 3. The molecule has 0 aromatic carbocycles. The SMILES string of the molecule is Nc1nc2nc(CCC3CCNCC3)[nH]c2c(=O)[nH]1. The van der Waals surface area contributed by atoms with Crippen LogP contribution in [0.15, 0.2) is 4.79 Å². The molecule has 102 valence electrons. The summed E-state index contributed by atoms with van der Waals surface area (Å²) in [4.78, 5) is 25.5. The van der Waals surface area contributed by atoms with E-state index in [1.807, 2.05) is 0 Å². The molecule has 3 heterocycles. The standard InChI is InChI=1S/C12H18N6O/c13-12-17-10-9(11(19)18-12)15-8(16-10)2-1-7-3-5-14-6-4-7/h7,14H,1-6H2,(H4,13,15,16,17,18,19). The van der Waals surface area contributed by atoms with Gasteiger partial charge in [0.1, 0.15) is 5.82 Å². The van der Waals surface area contributed by atoms with Crippen LogP contribution in [0.1, 0.15) is 25.1 Å². The van der Waals surface area contributed by atoms with E-state index >= 15 is 0 Å². The molecule has 1 aliphatic heterocycles. The van der Waals surface area contributed by atoms with Gasteiger partial charge in [-0.25, -0.2) is 4.98 Å². The first-order valence-electron chi connectivity index (χ1n) is 6.67. The van der Waals surface area contributed by atoms with Crippen LogP contribution in [0.2, 0.25) is 0 Å². The minimum Gasteiger partial charge on any atom is -0.369 e. The van der Waals surface area contributed by atoms with Crippen LogP contribution in [0.3, 0.4) is 0 Å². The molecule has 5 N–H and O–H groups in total. The summed E-state index contributed by atoms with van der Waals surface area (Å²) in [6.07, 6.45) is 4.37. The van der Waals surface area contributed by atoms with E-state index < -0.39 is 0 Å². The number of aromatic nitrogens is 4. The topological polar surface area (TPSA) is 112 Å². The average molecular weight is 262 g/mol. The molecule has 0 unspecified atom stereocenters. The summed E-state index contributed by atoms with van der Waals surface area (Å²) in [7, 11) is 0. The van der Waals surface area contributed by atoms with E-state index in [2.05, 4.69) is 25.3 Å². The molecule has 0 aliphatic carbocycles. The summed E-state index contributed by atoms with van der Waals surface area (Å²) < 4.78 is 0. The fraction of sp³-hybridized carbons (Fsp3) is 0.583. The van der Waals surface area contributed by atoms with Crippen molar-refractivity contribution in [3.05, 3.63) is 16.2 Å². The Kier molecular flexibility index (Phi) is 3.20. The Balaban J connectivity index is 1.74. The average Bonchev–Trinajstić information content (AvgIpc) is 2.81. The number of rotatable bonds is 3. The third-order valence-electron chi connectivity index (χ3n) is 3.68. The van der Waals surface area contributed by atoms with Gasteiger partial charge in [0.05, 0.1) is 0 Å². The van der Waals surface area contributed by atoms with Crippen LogP contribution in [0.5, 0.6) is 0 Å². The van der Waals surface area contributed by atoms with Crippen LogP contribution in [0.4, 0.5) is 5.95 Å². The quantitative estimate of drug-likeness (QED) is 0.629. The van der Waals surface area contributed by atoms with E-state index in [9.17, 15) is 4.79 Å². The molecule has 0 bridgehead atoms. The number of fused-ring (bicyclic) bond motifs is 1. The second-order valence-electron chi connectivity index (χ2n) is 5.07. The summed E-state index contributed by atoms with van der Waals surface area (Å²) >= 11 is 0. The number of nitrogens with two attached hydrogens (primary N) is 1. The molecule has 1 fully saturated rings. The van der Waals surface area contributed by atoms with Crippen LogP contribution in [-0.2, 0) is 6.42 Å². The van der Waals surface area contributed by atoms with Gasteiger partial charge in [0, 0.05) is 6.42 Å². The van der Waals surface area contributed by atoms with E-state index in [1.54, 1.807) is 0 Å². The second-order valence-corrected chi connectivity index (χ2v) is 5.07. The van der Waals surface area contributed by atoms with Crippen molar-refractivity contribution < 1.29 is 0 Å². The third-order valence-corrected chi connectivity index (χ3v) is 3.68. The first-order valence-corrected chi connectivity index (χ1v) is 6.67. The number of anilines is 1. The summed E-state index contributed by atoms with van der Waals surface area (Å²) in [5, 5.41) is 3.36. The lowest BCUT2D eigenvalue weighted by Crippen LogP contribution is -2.27. The number of H-pyrrole nitrogens is 2. The lowest BCUT2D eigenvalue weighted by atomic mass is 9.93. The summed E-state index contributed by atoms with van der Waals surface area (Å²) in [6.45, 7) is 2.20. The third kappa shape index (κ3) is 2.60. The zero-order valence-corrected chi connectivity index (χ0v) is 10.7. The minimum absolute atomic E-state index is 0.105. The van der Waals surface area contributed by atoms with Gasteiger partial charge >= 0.3 is 0 Å². The van der Waals surface area contributed by atoms with Crippen molar-refractivity contribution in [2.75, 3.05) is 18.8 Å². The molecule has 1 saturated heterocycles. The molecule has 2 aromatic rings. The Bertz CT molecular complexity index is 625. The molecule has 7 heteroatoms. The van der Waals surface area contributed by atoms with Gasteiger partial charge < -0.3 is 16.0 Å². The van der Waals surface area contributed by atoms with Gasteiger partial charge in [-0.05, 0) is 38.3 Å². The predicted octanol–water partition coefficient (Wildman–Crippen LogP) is 0.161. The smallest absolute Gasteiger partial charge is 0.278 e. The molecule has 0 amide bonds. The Labute approximate surface area is 110 Å². The van der Waals surface area contributed by atoms with Gasteiger partial charge in [0.2, 0.25) is 5.95 Å². The molecule has 0 atom stereocenters. The molecular formula is C12H18N6O. The van der Waals surface area contributed by atoms with Crippen LogP contribution in [0.25, 0.3) is 11.2 Å². The largest absolute Gasteiger partial charge is 0.369 e. The normalized spacial score (nSPS) is 17.1. The summed E-state index contributed by atoms with van der Waals surface area (Å²) in [5.41, 5.74) is 6.05. The van der Waals surface area contributed by atoms with Crippen molar-refractivity contribution in [2.45, 2.75) is 25.7 Å². The Hall–Kier alpha value is -1.89. The number of nitrogens with zero attached hydrogens (tertiary/aromatic N) is 2. The van der Waals surface area contributed by atoms with Crippen LogP contribution < -0.4 is 16.6 Å². The number of aryl methyl sites for hydroxylation is 1. The molecule has 0 saturated carbocycles. The zero-order chi connectivity index (χ0) is 13.2. The molecule has 7 nitrogen and oxygen atoms in total. The van der Waals surface area contributed by atoms with Gasteiger partial charge in [-0.3, -0.25) is 9.78 Å². The van der Waals surface area contributed by atoms with Crippen LogP contribution in [0, 0.1) is 5.92 Å². The number of hydrogen-bond acceptors (Lipinski definition) is 5. The molecular weight excluding hydrogens is 244 g/mol. The molecule has 2 aromatic heterocycles. The van der Waals surface area contributed by atoms with E-state index in [-0.39, 0.29) is 11.5 Å². The van der Waals surface area contributed by atoms with Crippen molar-refractivity contribution in [1.29, 1.82) is 0 Å². The molecule has 0 radical (unpaired) electrons. The van der Waals surface area contributed by atoms with Gasteiger partial charge in [-0.2, -0.15) is 4.98 Å². The fourth-order valence-electron chi connectivity index (χ4n) is 2.60. The Morgan fingerprint density at radius 1 is 1.21 bits per heavy atom. The van der Waals surface area contributed by atoms with Gasteiger partial charge in [0.25, 0.3) is 5.56 Å². The molecule has 19 heavy (non-hydrogen) atoms. The first-order chi connectivity index (χ1) is 9.22. The van der Waals surface area contributed by atoms with Gasteiger partial charge in [-0.1, -0.05) is 0 Å². The van der Waals surface area contributed by atoms with E-state index in [0.29, 0.717) is 11.2 Å². The zero-order valence-electron chi connectivity index (χ0n) is 10.7. The maximum Gasteiger partial charge on any atom is 0.278 e. The Morgan fingerprint density at radius 2 is 2.00 bits per heavy atom. The van der Waals surface area contributed by atoms with Crippen molar-refractivity contribution >= 4 is 17.1 Å². The molecule has 0 spiro atoms. The summed E-state index contributed by atoms with van der Waals surface area (Å²) in [6, 6.07) is 0. The second kappa shape index (κ2) is 5.00. The van der Waals surface area contributed by atoms with Crippen molar-refractivity contribution in [1.82, 2.24) is 25.3 Å². The highest BCUT2D eigenvalue weighted by Gasteiger charge is 2.14. The maximum absolute atomic E-state index is 11.7. The number of nitrogen functional groups attached to an aromatic ring is 1. The van der Waals surface area contributed by atoms with Gasteiger partial charge in [0.15, 0.2) is 11.2 Å². The number of hydrogen-bond donors (Lipinski definition) is 4. The fourth-order valence-corrected chi connectivity index (χ4v) is 2.60. The van der Waals surface area contributed by atoms with Crippen molar-refractivity contribution in [3.8, 4) is 0 Å². The lowest BCUT2D eigenvalue weighted by Gasteiger charge is -2.21. The lowest BCUT2D eigenvalue weighted by molar-refractivity contribution is 0.352. The highest BCUT2D eigenvalue weighted by molar-refractivity contribution is 5.70.